The molecule has 0 atom stereocenters. The molecule has 7 nitrogen and oxygen atoms in total. The molecule has 0 unspecified atom stereocenters. The zero-order valence-corrected chi connectivity index (χ0v) is 16.4. The Morgan fingerprint density at radius 3 is 2.25 bits per heavy atom. The van der Waals surface area contributed by atoms with Gasteiger partial charge >= 0.3 is 5.97 Å². The zero-order chi connectivity index (χ0) is 20.6. The maximum Gasteiger partial charge on any atom is 0.306 e. The predicted molar refractivity (Wildman–Crippen MR) is 104 cm³/mol. The molecule has 150 valence electrons. The quantitative estimate of drug-likeness (QED) is 0.464. The molecular formula is C20H23NO6S. The van der Waals surface area contributed by atoms with Crippen molar-refractivity contribution in [2.45, 2.75) is 31.1 Å². The maximum atomic E-state index is 12.2. The summed E-state index contributed by atoms with van der Waals surface area (Å²) in [5, 5.41) is 9.23. The van der Waals surface area contributed by atoms with Gasteiger partial charge in [0.15, 0.2) is 5.78 Å². The molecule has 0 bridgehead atoms. The third kappa shape index (κ3) is 6.47. The molecule has 0 spiro atoms. The highest BCUT2D eigenvalue weighted by atomic mass is 32.2. The van der Waals surface area contributed by atoms with Gasteiger partial charge in [-0.3, -0.25) is 9.59 Å². The van der Waals surface area contributed by atoms with Crippen LogP contribution < -0.4 is 4.72 Å². The molecule has 0 aliphatic heterocycles. The van der Waals surface area contributed by atoms with Crippen LogP contribution in [0, 0.1) is 0 Å². The summed E-state index contributed by atoms with van der Waals surface area (Å²) in [4.78, 5) is 23.5. The Kier molecular flexibility index (Phi) is 7.71. The number of phenolic OH excluding ortho intramolecular Hbond substituents is 1. The van der Waals surface area contributed by atoms with E-state index < -0.39 is 16.0 Å². The second-order valence-electron chi connectivity index (χ2n) is 6.07. The molecule has 0 saturated heterocycles. The number of Topliss-reactive ketones (excluding diaryl/α,β-unsaturated/α-hetero) is 1. The van der Waals surface area contributed by atoms with Crippen molar-refractivity contribution in [2.24, 2.45) is 0 Å². The van der Waals surface area contributed by atoms with Crippen LogP contribution in [0.1, 0.15) is 35.7 Å². The molecular weight excluding hydrogens is 382 g/mol. The highest BCUT2D eigenvalue weighted by Crippen LogP contribution is 2.14. The average Bonchev–Trinajstić information content (AvgIpc) is 2.67. The normalized spacial score (nSPS) is 11.2. The van der Waals surface area contributed by atoms with Crippen molar-refractivity contribution in [1.29, 1.82) is 0 Å². The second-order valence-corrected chi connectivity index (χ2v) is 7.83. The number of sulfonamides is 1. The summed E-state index contributed by atoms with van der Waals surface area (Å²) in [7, 11) is -3.65. The average molecular weight is 405 g/mol. The van der Waals surface area contributed by atoms with Crippen LogP contribution in [0.4, 0.5) is 0 Å². The number of esters is 1. The van der Waals surface area contributed by atoms with Crippen LogP contribution in [0.3, 0.4) is 0 Å². The minimum Gasteiger partial charge on any atom is -0.508 e. The number of benzene rings is 2. The summed E-state index contributed by atoms with van der Waals surface area (Å²) < 4.78 is 31.6. The van der Waals surface area contributed by atoms with Gasteiger partial charge in [0.2, 0.25) is 10.0 Å². The maximum absolute atomic E-state index is 12.2. The lowest BCUT2D eigenvalue weighted by Gasteiger charge is -2.08. The number of hydrogen-bond donors (Lipinski definition) is 2. The first kappa shape index (κ1) is 21.6. The van der Waals surface area contributed by atoms with Crippen molar-refractivity contribution < 1.29 is 27.9 Å². The molecule has 2 rings (SSSR count). The Balaban J connectivity index is 1.84. The number of carbonyl (C=O) groups excluding carboxylic acids is 2. The number of rotatable bonds is 10. The smallest absolute Gasteiger partial charge is 0.306 e. The SMILES string of the molecule is CCOC(=O)CCC(=O)c1ccc(CCNS(=O)(=O)c2ccc(O)cc2)cc1. The minimum absolute atomic E-state index is 0.00385. The lowest BCUT2D eigenvalue weighted by atomic mass is 10.0. The Morgan fingerprint density at radius 1 is 1.00 bits per heavy atom. The molecule has 0 aliphatic rings. The van der Waals surface area contributed by atoms with Gasteiger partial charge in [0.05, 0.1) is 17.9 Å². The third-order valence-electron chi connectivity index (χ3n) is 3.99. The molecule has 0 saturated carbocycles. The fraction of sp³-hybridized carbons (Fsp3) is 0.300. The van der Waals surface area contributed by atoms with E-state index in [1.165, 1.54) is 24.3 Å². The standard InChI is InChI=1S/C20H23NO6S/c1-2-27-20(24)12-11-19(23)16-5-3-15(4-6-16)13-14-21-28(25,26)18-9-7-17(22)8-10-18/h3-10,21-22H,2,11-14H2,1H3. The van der Waals surface area contributed by atoms with E-state index in [0.717, 1.165) is 5.56 Å². The van der Waals surface area contributed by atoms with Crippen LogP contribution in [0.25, 0.3) is 0 Å². The largest absolute Gasteiger partial charge is 0.508 e. The molecule has 8 heteroatoms. The highest BCUT2D eigenvalue weighted by Gasteiger charge is 2.13. The van der Waals surface area contributed by atoms with E-state index in [9.17, 15) is 23.1 Å². The van der Waals surface area contributed by atoms with Crippen molar-refractivity contribution >= 4 is 21.8 Å². The topological polar surface area (TPSA) is 110 Å². The first-order chi connectivity index (χ1) is 13.3. The number of nitrogens with one attached hydrogen (secondary N) is 1. The molecule has 0 heterocycles. The number of phenols is 1. The summed E-state index contributed by atoms with van der Waals surface area (Å²) in [6.45, 7) is 2.20. The summed E-state index contributed by atoms with van der Waals surface area (Å²) >= 11 is 0. The second kappa shape index (κ2) is 10.0. The molecule has 2 aromatic carbocycles. The van der Waals surface area contributed by atoms with Gasteiger partial charge in [-0.25, -0.2) is 13.1 Å². The molecule has 0 radical (unpaired) electrons. The predicted octanol–water partition coefficient (Wildman–Crippen LogP) is 2.44. The number of ketones is 1. The van der Waals surface area contributed by atoms with Gasteiger partial charge in [-0.2, -0.15) is 0 Å². The summed E-state index contributed by atoms with van der Waals surface area (Å²) in [5.74, 6) is -0.545. The van der Waals surface area contributed by atoms with E-state index >= 15 is 0 Å². The molecule has 0 aromatic heterocycles. The zero-order valence-electron chi connectivity index (χ0n) is 15.6. The van der Waals surface area contributed by atoms with E-state index in [-0.39, 0.29) is 42.4 Å². The molecule has 2 N–H and O–H groups in total. The summed E-state index contributed by atoms with van der Waals surface area (Å²) in [6, 6.07) is 12.1. The van der Waals surface area contributed by atoms with Gasteiger partial charge in [-0.05, 0) is 43.2 Å². The summed E-state index contributed by atoms with van der Waals surface area (Å²) in [6.07, 6.45) is 0.590. The number of ether oxygens (including phenoxy) is 1. The number of aromatic hydroxyl groups is 1. The third-order valence-corrected chi connectivity index (χ3v) is 5.47. The first-order valence-corrected chi connectivity index (χ1v) is 10.4. The van der Waals surface area contributed by atoms with Crippen molar-refractivity contribution in [3.8, 4) is 5.75 Å². The van der Waals surface area contributed by atoms with Crippen molar-refractivity contribution in [2.75, 3.05) is 13.2 Å². The van der Waals surface area contributed by atoms with Crippen molar-refractivity contribution in [3.05, 3.63) is 59.7 Å². The highest BCUT2D eigenvalue weighted by molar-refractivity contribution is 7.89. The Hall–Kier alpha value is -2.71. The molecule has 0 aliphatic carbocycles. The van der Waals surface area contributed by atoms with Gasteiger partial charge in [-0.1, -0.05) is 24.3 Å². The Bertz CT molecular complexity index is 905. The first-order valence-electron chi connectivity index (χ1n) is 8.88. The molecule has 28 heavy (non-hydrogen) atoms. The molecule has 0 fully saturated rings. The number of carbonyl (C=O) groups is 2. The van der Waals surface area contributed by atoms with Gasteiger partial charge in [-0.15, -0.1) is 0 Å². The monoisotopic (exact) mass is 405 g/mol. The van der Waals surface area contributed by atoms with Crippen molar-refractivity contribution in [1.82, 2.24) is 4.72 Å². The van der Waals surface area contributed by atoms with Crippen LogP contribution in [0.2, 0.25) is 0 Å². The van der Waals surface area contributed by atoms with Crippen LogP contribution in [-0.4, -0.2) is 38.4 Å². The van der Waals surface area contributed by atoms with Crippen LogP contribution in [0.5, 0.6) is 5.75 Å². The lowest BCUT2D eigenvalue weighted by molar-refractivity contribution is -0.143. The summed E-state index contributed by atoms with van der Waals surface area (Å²) in [5.41, 5.74) is 1.37. The van der Waals surface area contributed by atoms with Gasteiger partial charge in [0.1, 0.15) is 5.75 Å². The minimum atomic E-state index is -3.65. The van der Waals surface area contributed by atoms with E-state index in [1.54, 1.807) is 31.2 Å². The van der Waals surface area contributed by atoms with Crippen LogP contribution in [0.15, 0.2) is 53.4 Å². The van der Waals surface area contributed by atoms with Gasteiger partial charge < -0.3 is 9.84 Å². The van der Waals surface area contributed by atoms with Gasteiger partial charge in [0, 0.05) is 18.5 Å². The van der Waals surface area contributed by atoms with Crippen LogP contribution in [-0.2, 0) is 26.0 Å². The molecule has 2 aromatic rings. The van der Waals surface area contributed by atoms with E-state index in [0.29, 0.717) is 12.0 Å². The lowest BCUT2D eigenvalue weighted by Crippen LogP contribution is -2.25. The van der Waals surface area contributed by atoms with E-state index in [4.69, 9.17) is 4.74 Å². The van der Waals surface area contributed by atoms with E-state index in [1.807, 2.05) is 0 Å². The van der Waals surface area contributed by atoms with E-state index in [2.05, 4.69) is 4.72 Å². The van der Waals surface area contributed by atoms with Crippen LogP contribution >= 0.6 is 0 Å². The van der Waals surface area contributed by atoms with Crippen molar-refractivity contribution in [3.63, 3.8) is 0 Å². The molecule has 0 amide bonds. The Labute approximate surface area is 164 Å². The van der Waals surface area contributed by atoms with Gasteiger partial charge in [0.25, 0.3) is 0 Å². The number of hydrogen-bond acceptors (Lipinski definition) is 6. The fourth-order valence-corrected chi connectivity index (χ4v) is 3.52. The Morgan fingerprint density at radius 2 is 1.64 bits per heavy atom. The fourth-order valence-electron chi connectivity index (χ4n) is 2.49.